The second-order valence-electron chi connectivity index (χ2n) is 4.61. The smallest absolute Gasteiger partial charge is 0.416 e. The summed E-state index contributed by atoms with van der Waals surface area (Å²) < 4.78 is 42.2. The molecule has 0 spiro atoms. The quantitative estimate of drug-likeness (QED) is 0.525. The van der Waals surface area contributed by atoms with Gasteiger partial charge in [0.1, 0.15) is 0 Å². The van der Waals surface area contributed by atoms with Crippen LogP contribution in [0.25, 0.3) is 0 Å². The van der Waals surface area contributed by atoms with Crippen molar-refractivity contribution in [3.8, 4) is 0 Å². The minimum atomic E-state index is -4.47. The molecule has 9 heteroatoms. The molecule has 1 amide bonds. The molecule has 1 aromatic heterocycles. The fourth-order valence-corrected chi connectivity index (χ4v) is 1.73. The first kappa shape index (κ1) is 17.3. The molecule has 2 aromatic rings. The number of benzene rings is 1. The van der Waals surface area contributed by atoms with Crippen LogP contribution in [0.3, 0.4) is 0 Å². The van der Waals surface area contributed by atoms with Crippen molar-refractivity contribution in [1.29, 1.82) is 0 Å². The van der Waals surface area contributed by atoms with E-state index < -0.39 is 30.2 Å². The first-order chi connectivity index (χ1) is 11.3. The zero-order valence-corrected chi connectivity index (χ0v) is 12.0. The molecule has 0 saturated carbocycles. The number of amides is 1. The number of halogens is 3. The van der Waals surface area contributed by atoms with Gasteiger partial charge >= 0.3 is 17.8 Å². The van der Waals surface area contributed by atoms with Crippen molar-refractivity contribution in [2.45, 2.75) is 6.18 Å². The maximum atomic E-state index is 12.4. The number of alkyl halides is 3. The van der Waals surface area contributed by atoms with Crippen LogP contribution in [0.4, 0.5) is 18.9 Å². The highest BCUT2D eigenvalue weighted by molar-refractivity contribution is 5.94. The average Bonchev–Trinajstić information content (AvgIpc) is 2.53. The van der Waals surface area contributed by atoms with Crippen molar-refractivity contribution in [1.82, 2.24) is 0 Å². The van der Waals surface area contributed by atoms with Crippen molar-refractivity contribution >= 4 is 17.6 Å². The number of carbonyl (C=O) groups is 2. The SMILES string of the molecule is O=C(COC(=O)c1cccc[n+]1[O-])Nc1ccc(C(F)(F)F)cc1. The predicted molar refractivity (Wildman–Crippen MR) is 75.8 cm³/mol. The number of hydrogen-bond donors (Lipinski definition) is 1. The lowest BCUT2D eigenvalue weighted by atomic mass is 10.2. The standard InChI is InChI=1S/C15H11F3N2O4/c16-15(17,18)10-4-6-11(7-5-10)19-13(21)9-24-14(22)12-3-1-2-8-20(12)23/h1-8H,9H2,(H,19,21). The van der Waals surface area contributed by atoms with Gasteiger partial charge in [0.05, 0.1) is 5.56 Å². The Kier molecular flexibility index (Phi) is 5.02. The van der Waals surface area contributed by atoms with Gasteiger partial charge in [-0.2, -0.15) is 17.9 Å². The molecule has 0 saturated heterocycles. The molecule has 0 aliphatic rings. The largest absolute Gasteiger partial charge is 0.618 e. The van der Waals surface area contributed by atoms with E-state index in [4.69, 9.17) is 0 Å². The predicted octanol–water partition coefficient (Wildman–Crippen LogP) is 2.13. The van der Waals surface area contributed by atoms with E-state index in [1.807, 2.05) is 0 Å². The van der Waals surface area contributed by atoms with Crippen LogP contribution >= 0.6 is 0 Å². The number of anilines is 1. The van der Waals surface area contributed by atoms with Gasteiger partial charge < -0.3 is 15.3 Å². The Morgan fingerprint density at radius 1 is 1.12 bits per heavy atom. The molecule has 1 heterocycles. The molecule has 0 fully saturated rings. The van der Waals surface area contributed by atoms with Crippen molar-refractivity contribution in [3.05, 3.63) is 65.1 Å². The lowest BCUT2D eigenvalue weighted by Crippen LogP contribution is -2.35. The second-order valence-corrected chi connectivity index (χ2v) is 4.61. The minimum Gasteiger partial charge on any atom is -0.618 e. The number of pyridine rings is 1. The first-order valence-corrected chi connectivity index (χ1v) is 6.60. The average molecular weight is 340 g/mol. The zero-order valence-electron chi connectivity index (χ0n) is 12.0. The van der Waals surface area contributed by atoms with E-state index in [9.17, 15) is 28.0 Å². The molecule has 2 rings (SSSR count). The first-order valence-electron chi connectivity index (χ1n) is 6.60. The Labute approximate surface area is 134 Å². The lowest BCUT2D eigenvalue weighted by molar-refractivity contribution is -0.608. The zero-order chi connectivity index (χ0) is 17.7. The summed E-state index contributed by atoms with van der Waals surface area (Å²) in [4.78, 5) is 23.2. The van der Waals surface area contributed by atoms with Crippen LogP contribution in [0.1, 0.15) is 16.1 Å². The van der Waals surface area contributed by atoms with Crippen LogP contribution in [0.15, 0.2) is 48.7 Å². The van der Waals surface area contributed by atoms with Crippen molar-refractivity contribution < 1.29 is 32.2 Å². The molecule has 126 valence electrons. The molecule has 1 aromatic carbocycles. The summed E-state index contributed by atoms with van der Waals surface area (Å²) in [7, 11) is 0. The number of nitrogens with one attached hydrogen (secondary N) is 1. The van der Waals surface area contributed by atoms with Crippen LogP contribution in [0.5, 0.6) is 0 Å². The molecule has 0 atom stereocenters. The van der Waals surface area contributed by atoms with Crippen LogP contribution in [0, 0.1) is 5.21 Å². The Bertz CT molecular complexity index is 745. The second kappa shape index (κ2) is 6.99. The molecule has 0 radical (unpaired) electrons. The normalized spacial score (nSPS) is 11.0. The monoisotopic (exact) mass is 340 g/mol. The van der Waals surface area contributed by atoms with E-state index in [2.05, 4.69) is 10.1 Å². The Balaban J connectivity index is 1.90. The van der Waals surface area contributed by atoms with E-state index >= 15 is 0 Å². The number of aromatic nitrogens is 1. The van der Waals surface area contributed by atoms with Crippen LogP contribution in [-0.2, 0) is 15.7 Å². The number of ether oxygens (including phenoxy) is 1. The fourth-order valence-electron chi connectivity index (χ4n) is 1.73. The van der Waals surface area contributed by atoms with Crippen molar-refractivity contribution in [3.63, 3.8) is 0 Å². The highest BCUT2D eigenvalue weighted by Gasteiger charge is 2.30. The van der Waals surface area contributed by atoms with Gasteiger partial charge in [-0.3, -0.25) is 4.79 Å². The van der Waals surface area contributed by atoms with Crippen molar-refractivity contribution in [2.75, 3.05) is 11.9 Å². The van der Waals surface area contributed by atoms with E-state index in [1.54, 1.807) is 0 Å². The van der Waals surface area contributed by atoms with E-state index in [1.165, 1.54) is 18.2 Å². The third-order valence-corrected chi connectivity index (χ3v) is 2.86. The highest BCUT2D eigenvalue weighted by Crippen LogP contribution is 2.29. The number of rotatable bonds is 4. The highest BCUT2D eigenvalue weighted by atomic mass is 19.4. The van der Waals surface area contributed by atoms with Crippen LogP contribution < -0.4 is 10.0 Å². The maximum absolute atomic E-state index is 12.4. The van der Waals surface area contributed by atoms with Crippen molar-refractivity contribution in [2.24, 2.45) is 0 Å². The van der Waals surface area contributed by atoms with E-state index in [-0.39, 0.29) is 16.1 Å². The minimum absolute atomic E-state index is 0.114. The third kappa shape index (κ3) is 4.45. The van der Waals surface area contributed by atoms with Gasteiger partial charge in [-0.25, -0.2) is 4.79 Å². The molecule has 6 nitrogen and oxygen atoms in total. The Morgan fingerprint density at radius 2 is 1.79 bits per heavy atom. The Hall–Kier alpha value is -3.10. The number of carbonyl (C=O) groups excluding carboxylic acids is 2. The van der Waals surface area contributed by atoms with Crippen LogP contribution in [0.2, 0.25) is 0 Å². The van der Waals surface area contributed by atoms with E-state index in [0.717, 1.165) is 30.5 Å². The molecule has 0 unspecified atom stereocenters. The molecule has 24 heavy (non-hydrogen) atoms. The van der Waals surface area contributed by atoms with Gasteiger partial charge in [-0.15, -0.1) is 0 Å². The summed E-state index contributed by atoms with van der Waals surface area (Å²) in [5.74, 6) is -1.75. The summed E-state index contributed by atoms with van der Waals surface area (Å²) in [6.45, 7) is -0.686. The summed E-state index contributed by atoms with van der Waals surface area (Å²) in [5.41, 5.74) is -1.03. The maximum Gasteiger partial charge on any atom is 0.416 e. The molecular weight excluding hydrogens is 329 g/mol. The molecule has 0 aliphatic heterocycles. The van der Waals surface area contributed by atoms with Gasteiger partial charge in [-0.05, 0) is 30.3 Å². The van der Waals surface area contributed by atoms with Crippen LogP contribution in [-0.4, -0.2) is 18.5 Å². The molecule has 0 bridgehead atoms. The molecular formula is C15H11F3N2O4. The van der Waals surface area contributed by atoms with Gasteiger partial charge in [0, 0.05) is 17.8 Å². The summed E-state index contributed by atoms with van der Waals surface area (Å²) in [6.07, 6.45) is -3.37. The van der Waals surface area contributed by atoms with Gasteiger partial charge in [0.2, 0.25) is 0 Å². The molecule has 0 aliphatic carbocycles. The summed E-state index contributed by atoms with van der Waals surface area (Å²) in [6, 6.07) is 7.87. The topological polar surface area (TPSA) is 82.3 Å². The molecule has 1 N–H and O–H groups in total. The fraction of sp³-hybridized carbons (Fsp3) is 0.133. The lowest BCUT2D eigenvalue weighted by Gasteiger charge is -2.09. The summed E-state index contributed by atoms with van der Waals surface area (Å²) >= 11 is 0. The third-order valence-electron chi connectivity index (χ3n) is 2.86. The number of esters is 1. The number of nitrogens with zero attached hydrogens (tertiary/aromatic N) is 1. The van der Waals surface area contributed by atoms with Gasteiger partial charge in [0.25, 0.3) is 5.91 Å². The van der Waals surface area contributed by atoms with E-state index in [0.29, 0.717) is 0 Å². The summed E-state index contributed by atoms with van der Waals surface area (Å²) in [5, 5.41) is 13.6. The van der Waals surface area contributed by atoms with Gasteiger partial charge in [0.15, 0.2) is 12.8 Å². The Morgan fingerprint density at radius 3 is 2.38 bits per heavy atom. The number of hydrogen-bond acceptors (Lipinski definition) is 4. The van der Waals surface area contributed by atoms with Gasteiger partial charge in [-0.1, -0.05) is 0 Å².